The monoisotopic (exact) mass is 494 g/mol. The molecule has 1 saturated heterocycles. The van der Waals surface area contributed by atoms with Gasteiger partial charge in [-0.2, -0.15) is 0 Å². The number of nitrogens with zero attached hydrogens (tertiary/aromatic N) is 2. The van der Waals surface area contributed by atoms with Crippen molar-refractivity contribution < 1.29 is 9.18 Å². The minimum absolute atomic E-state index is 0.325. The summed E-state index contributed by atoms with van der Waals surface area (Å²) in [6, 6.07) is 7.00. The standard InChI is InChI=1S/C20H20BrFN4OS2/c21-13-7-17(26-5-1-3-12(9-23)10-26)15(8-14(13)22)24-19(27)16-11-29-20(25-16)18-4-2-6-28-18/h2,4,6-8,11-12H,1,3,5,9-10,23H2,(H,24,27). The zero-order valence-electron chi connectivity index (χ0n) is 15.5. The van der Waals surface area contributed by atoms with Gasteiger partial charge in [0.15, 0.2) is 0 Å². The van der Waals surface area contributed by atoms with Gasteiger partial charge in [0.1, 0.15) is 16.5 Å². The zero-order chi connectivity index (χ0) is 20.4. The highest BCUT2D eigenvalue weighted by Gasteiger charge is 2.23. The van der Waals surface area contributed by atoms with Crippen molar-refractivity contribution in [2.24, 2.45) is 11.7 Å². The first kappa shape index (κ1) is 20.5. The predicted molar refractivity (Wildman–Crippen MR) is 121 cm³/mol. The molecule has 1 aliphatic heterocycles. The fraction of sp³-hybridized carbons (Fsp3) is 0.300. The van der Waals surface area contributed by atoms with Crippen molar-refractivity contribution in [2.75, 3.05) is 29.9 Å². The van der Waals surface area contributed by atoms with E-state index in [4.69, 9.17) is 5.73 Å². The number of amides is 1. The fourth-order valence-corrected chi connectivity index (χ4v) is 5.40. The van der Waals surface area contributed by atoms with Gasteiger partial charge in [-0.25, -0.2) is 9.37 Å². The molecule has 0 spiro atoms. The van der Waals surface area contributed by atoms with E-state index in [1.807, 2.05) is 17.5 Å². The maximum absolute atomic E-state index is 14.3. The van der Waals surface area contributed by atoms with Gasteiger partial charge in [0.25, 0.3) is 5.91 Å². The van der Waals surface area contributed by atoms with Gasteiger partial charge in [0.2, 0.25) is 0 Å². The van der Waals surface area contributed by atoms with Gasteiger partial charge >= 0.3 is 0 Å². The normalized spacial score (nSPS) is 16.8. The molecule has 0 bridgehead atoms. The Labute approximate surface area is 184 Å². The van der Waals surface area contributed by atoms with Crippen molar-refractivity contribution in [3.05, 3.63) is 51.0 Å². The Hall–Kier alpha value is -1.81. The summed E-state index contributed by atoms with van der Waals surface area (Å²) >= 11 is 6.26. The van der Waals surface area contributed by atoms with E-state index in [0.717, 1.165) is 41.5 Å². The number of nitrogens with two attached hydrogens (primary N) is 1. The van der Waals surface area contributed by atoms with Gasteiger partial charge < -0.3 is 16.0 Å². The Kier molecular flexibility index (Phi) is 6.29. The molecule has 1 aliphatic rings. The highest BCUT2D eigenvalue weighted by molar-refractivity contribution is 9.10. The summed E-state index contributed by atoms with van der Waals surface area (Å²) in [5.74, 6) is -0.378. The predicted octanol–water partition coefficient (Wildman–Crippen LogP) is 5.20. The largest absolute Gasteiger partial charge is 0.369 e. The van der Waals surface area contributed by atoms with Crippen LogP contribution in [0.2, 0.25) is 0 Å². The first-order chi connectivity index (χ1) is 14.0. The lowest BCUT2D eigenvalue weighted by Gasteiger charge is -2.35. The lowest BCUT2D eigenvalue weighted by atomic mass is 9.97. The van der Waals surface area contributed by atoms with Crippen molar-refractivity contribution in [3.8, 4) is 9.88 Å². The smallest absolute Gasteiger partial charge is 0.275 e. The third-order valence-electron chi connectivity index (χ3n) is 4.95. The molecule has 1 fully saturated rings. The minimum atomic E-state index is -0.422. The van der Waals surface area contributed by atoms with E-state index >= 15 is 0 Å². The number of halogens is 2. The summed E-state index contributed by atoms with van der Waals surface area (Å²) in [4.78, 5) is 20.4. The number of carbonyl (C=O) groups is 1. The molecule has 5 nitrogen and oxygen atoms in total. The summed E-state index contributed by atoms with van der Waals surface area (Å²) in [6.45, 7) is 2.25. The van der Waals surface area contributed by atoms with Gasteiger partial charge in [0.05, 0.1) is 20.7 Å². The van der Waals surface area contributed by atoms with E-state index in [1.54, 1.807) is 22.8 Å². The van der Waals surface area contributed by atoms with Gasteiger partial charge in [-0.05, 0) is 58.7 Å². The summed E-state index contributed by atoms with van der Waals surface area (Å²) in [5, 5.41) is 7.36. The third kappa shape index (κ3) is 4.53. The molecule has 3 aromatic rings. The van der Waals surface area contributed by atoms with Crippen LogP contribution in [0.4, 0.5) is 15.8 Å². The molecular formula is C20H20BrFN4OS2. The molecule has 0 radical (unpaired) electrons. The second kappa shape index (κ2) is 8.91. The number of anilines is 2. The molecule has 1 unspecified atom stereocenters. The second-order valence-corrected chi connectivity index (χ2v) is 9.60. The molecule has 0 saturated carbocycles. The van der Waals surface area contributed by atoms with Crippen LogP contribution in [0, 0.1) is 11.7 Å². The van der Waals surface area contributed by atoms with Crippen LogP contribution in [-0.2, 0) is 0 Å². The zero-order valence-corrected chi connectivity index (χ0v) is 18.7. The van der Waals surface area contributed by atoms with E-state index in [-0.39, 0.29) is 5.91 Å². The van der Waals surface area contributed by atoms with Crippen molar-refractivity contribution >= 4 is 55.9 Å². The Morgan fingerprint density at radius 1 is 1.41 bits per heavy atom. The van der Waals surface area contributed by atoms with E-state index < -0.39 is 5.82 Å². The molecule has 152 valence electrons. The van der Waals surface area contributed by atoms with Gasteiger partial charge in [-0.3, -0.25) is 4.79 Å². The molecular weight excluding hydrogens is 475 g/mol. The number of aromatic nitrogens is 1. The summed E-state index contributed by atoms with van der Waals surface area (Å²) in [7, 11) is 0. The van der Waals surface area contributed by atoms with E-state index in [9.17, 15) is 9.18 Å². The first-order valence-corrected chi connectivity index (χ1v) is 11.8. The Morgan fingerprint density at radius 2 is 2.28 bits per heavy atom. The average Bonchev–Trinajstić information content (AvgIpc) is 3.42. The van der Waals surface area contributed by atoms with E-state index in [1.165, 1.54) is 17.4 Å². The molecule has 1 amide bonds. The van der Waals surface area contributed by atoms with Crippen LogP contribution in [-0.4, -0.2) is 30.5 Å². The SMILES string of the molecule is NCC1CCCN(c2cc(Br)c(F)cc2NC(=O)c2csc(-c3cccs3)n2)C1. The summed E-state index contributed by atoms with van der Waals surface area (Å²) in [6.07, 6.45) is 2.10. The number of hydrogen-bond donors (Lipinski definition) is 2. The quantitative estimate of drug-likeness (QED) is 0.511. The van der Waals surface area contributed by atoms with Crippen LogP contribution < -0.4 is 16.0 Å². The van der Waals surface area contributed by atoms with Crippen LogP contribution in [0.15, 0.2) is 39.5 Å². The topological polar surface area (TPSA) is 71.2 Å². The minimum Gasteiger partial charge on any atom is -0.369 e. The third-order valence-corrected chi connectivity index (χ3v) is 7.44. The highest BCUT2D eigenvalue weighted by Crippen LogP contribution is 2.35. The Bertz CT molecular complexity index is 1010. The molecule has 0 aliphatic carbocycles. The number of thiazole rings is 1. The highest BCUT2D eigenvalue weighted by atomic mass is 79.9. The number of hydrogen-bond acceptors (Lipinski definition) is 6. The van der Waals surface area contributed by atoms with Crippen LogP contribution in [0.5, 0.6) is 0 Å². The van der Waals surface area contributed by atoms with Crippen molar-refractivity contribution in [1.82, 2.24) is 4.98 Å². The molecule has 3 heterocycles. The number of rotatable bonds is 5. The van der Waals surface area contributed by atoms with Crippen LogP contribution in [0.25, 0.3) is 9.88 Å². The van der Waals surface area contributed by atoms with Crippen molar-refractivity contribution in [3.63, 3.8) is 0 Å². The second-order valence-electron chi connectivity index (χ2n) is 6.94. The molecule has 1 atom stereocenters. The van der Waals surface area contributed by atoms with E-state index in [0.29, 0.717) is 28.3 Å². The Balaban J connectivity index is 1.59. The molecule has 9 heteroatoms. The van der Waals surface area contributed by atoms with Gasteiger partial charge in [-0.15, -0.1) is 22.7 Å². The number of piperidine rings is 1. The van der Waals surface area contributed by atoms with Gasteiger partial charge in [-0.1, -0.05) is 6.07 Å². The first-order valence-electron chi connectivity index (χ1n) is 9.30. The van der Waals surface area contributed by atoms with Crippen molar-refractivity contribution in [2.45, 2.75) is 12.8 Å². The number of carbonyl (C=O) groups excluding carboxylic acids is 1. The average molecular weight is 495 g/mol. The van der Waals surface area contributed by atoms with Crippen LogP contribution >= 0.6 is 38.6 Å². The maximum atomic E-state index is 14.3. The molecule has 1 aromatic carbocycles. The van der Waals surface area contributed by atoms with E-state index in [2.05, 4.69) is 31.1 Å². The summed E-state index contributed by atoms with van der Waals surface area (Å²) < 4.78 is 14.6. The maximum Gasteiger partial charge on any atom is 0.275 e. The van der Waals surface area contributed by atoms with Crippen LogP contribution in [0.3, 0.4) is 0 Å². The van der Waals surface area contributed by atoms with Crippen LogP contribution in [0.1, 0.15) is 23.3 Å². The van der Waals surface area contributed by atoms with Crippen molar-refractivity contribution in [1.29, 1.82) is 0 Å². The molecule has 4 rings (SSSR count). The Morgan fingerprint density at radius 3 is 3.03 bits per heavy atom. The fourth-order valence-electron chi connectivity index (χ4n) is 3.45. The lowest BCUT2D eigenvalue weighted by molar-refractivity contribution is 0.102. The number of benzene rings is 1. The lowest BCUT2D eigenvalue weighted by Crippen LogP contribution is -2.38. The summed E-state index contributed by atoms with van der Waals surface area (Å²) in [5.41, 5.74) is 7.42. The van der Waals surface area contributed by atoms with Gasteiger partial charge in [0, 0.05) is 24.5 Å². The molecule has 3 N–H and O–H groups in total. The number of thiophene rings is 1. The number of nitrogens with one attached hydrogen (secondary N) is 1. The molecule has 2 aromatic heterocycles. The molecule has 29 heavy (non-hydrogen) atoms.